The molecule has 5 heteroatoms. The molecule has 19 heavy (non-hydrogen) atoms. The molecule has 1 aromatic rings. The molecular weight excluding hydrogens is 262 g/mol. The van der Waals surface area contributed by atoms with E-state index in [1.54, 1.807) is 0 Å². The largest absolute Gasteiger partial charge is 0.489 e. The minimum Gasteiger partial charge on any atom is -0.489 e. The fraction of sp³-hybridized carbons (Fsp3) is 0.571. The summed E-state index contributed by atoms with van der Waals surface area (Å²) in [5, 5.41) is 3.28. The molecular formula is C14H21NO3S. The van der Waals surface area contributed by atoms with Gasteiger partial charge >= 0.3 is 0 Å². The Labute approximate surface area is 115 Å². The second-order valence-corrected chi connectivity index (χ2v) is 7.26. The third-order valence-corrected chi connectivity index (χ3v) is 5.00. The van der Waals surface area contributed by atoms with E-state index in [1.807, 2.05) is 19.1 Å². The van der Waals surface area contributed by atoms with E-state index in [-0.39, 0.29) is 17.6 Å². The molecule has 1 aliphatic heterocycles. The fourth-order valence-electron chi connectivity index (χ4n) is 2.25. The van der Waals surface area contributed by atoms with Crippen molar-refractivity contribution in [1.29, 1.82) is 0 Å². The van der Waals surface area contributed by atoms with E-state index < -0.39 is 9.84 Å². The van der Waals surface area contributed by atoms with E-state index in [1.165, 1.54) is 5.56 Å². The van der Waals surface area contributed by atoms with Gasteiger partial charge in [-0.1, -0.05) is 24.6 Å². The van der Waals surface area contributed by atoms with Crippen LogP contribution in [0.1, 0.15) is 24.5 Å². The van der Waals surface area contributed by atoms with Gasteiger partial charge in [0, 0.05) is 12.1 Å². The van der Waals surface area contributed by atoms with Crippen LogP contribution in [0.4, 0.5) is 0 Å². The quantitative estimate of drug-likeness (QED) is 0.893. The minimum absolute atomic E-state index is 0.140. The van der Waals surface area contributed by atoms with Crippen LogP contribution in [0.25, 0.3) is 0 Å². The van der Waals surface area contributed by atoms with Gasteiger partial charge in [-0.05, 0) is 26.0 Å². The summed E-state index contributed by atoms with van der Waals surface area (Å²) in [7, 11) is -2.89. The van der Waals surface area contributed by atoms with Crippen molar-refractivity contribution in [2.45, 2.75) is 32.9 Å². The predicted molar refractivity (Wildman–Crippen MR) is 76.2 cm³/mol. The first-order chi connectivity index (χ1) is 9.00. The van der Waals surface area contributed by atoms with E-state index in [0.29, 0.717) is 6.42 Å². The van der Waals surface area contributed by atoms with Gasteiger partial charge in [-0.15, -0.1) is 0 Å². The van der Waals surface area contributed by atoms with Crippen molar-refractivity contribution in [3.05, 3.63) is 29.3 Å². The summed E-state index contributed by atoms with van der Waals surface area (Å²) in [6.45, 7) is 5.73. The molecule has 4 nitrogen and oxygen atoms in total. The van der Waals surface area contributed by atoms with Gasteiger partial charge in [0.1, 0.15) is 11.9 Å². The Morgan fingerprint density at radius 3 is 2.84 bits per heavy atom. The van der Waals surface area contributed by atoms with Crippen LogP contribution in [-0.4, -0.2) is 32.6 Å². The third-order valence-electron chi connectivity index (χ3n) is 3.27. The Kier molecular flexibility index (Phi) is 4.47. The molecule has 0 saturated carbocycles. The van der Waals surface area contributed by atoms with Gasteiger partial charge in [0.15, 0.2) is 9.84 Å². The van der Waals surface area contributed by atoms with Gasteiger partial charge in [-0.2, -0.15) is 0 Å². The maximum atomic E-state index is 11.4. The topological polar surface area (TPSA) is 55.4 Å². The monoisotopic (exact) mass is 283 g/mol. The lowest BCUT2D eigenvalue weighted by Gasteiger charge is -2.16. The second kappa shape index (κ2) is 5.92. The van der Waals surface area contributed by atoms with Crippen LogP contribution in [-0.2, 0) is 16.4 Å². The molecule has 0 spiro atoms. The van der Waals surface area contributed by atoms with E-state index in [4.69, 9.17) is 4.74 Å². The molecule has 1 fully saturated rings. The molecule has 2 rings (SSSR count). The molecule has 0 aromatic heterocycles. The van der Waals surface area contributed by atoms with Gasteiger partial charge in [0.05, 0.1) is 11.5 Å². The predicted octanol–water partition coefficient (Wildman–Crippen LogP) is 1.67. The van der Waals surface area contributed by atoms with Crippen molar-refractivity contribution in [3.8, 4) is 5.75 Å². The van der Waals surface area contributed by atoms with Crippen LogP contribution in [0.5, 0.6) is 5.75 Å². The highest BCUT2D eigenvalue weighted by Gasteiger charge is 2.29. The Hall–Kier alpha value is -1.07. The molecule has 0 bridgehead atoms. The van der Waals surface area contributed by atoms with Gasteiger partial charge in [0.2, 0.25) is 0 Å². The zero-order chi connectivity index (χ0) is 13.9. The van der Waals surface area contributed by atoms with E-state index in [2.05, 4.69) is 18.3 Å². The maximum Gasteiger partial charge on any atom is 0.154 e. The molecule has 1 aliphatic rings. The number of benzene rings is 1. The molecule has 1 unspecified atom stereocenters. The summed E-state index contributed by atoms with van der Waals surface area (Å²) in [4.78, 5) is 0. The van der Waals surface area contributed by atoms with Crippen molar-refractivity contribution in [2.24, 2.45) is 0 Å². The first-order valence-corrected chi connectivity index (χ1v) is 8.49. The molecule has 1 N–H and O–H groups in total. The molecule has 0 radical (unpaired) electrons. The SMILES string of the molecule is CCNCc1cc(C)ccc1OC1CCS(=O)(=O)C1. The Bertz CT molecular complexity index is 540. The van der Waals surface area contributed by atoms with Crippen molar-refractivity contribution < 1.29 is 13.2 Å². The first-order valence-electron chi connectivity index (χ1n) is 6.67. The second-order valence-electron chi connectivity index (χ2n) is 5.03. The Morgan fingerprint density at radius 2 is 2.21 bits per heavy atom. The molecule has 106 valence electrons. The summed E-state index contributed by atoms with van der Waals surface area (Å²) in [6, 6.07) is 6.02. The molecule has 1 heterocycles. The van der Waals surface area contributed by atoms with Crippen LogP contribution in [0.3, 0.4) is 0 Å². The fourth-order valence-corrected chi connectivity index (χ4v) is 3.84. The molecule has 0 aliphatic carbocycles. The van der Waals surface area contributed by atoms with Crippen LogP contribution in [0.2, 0.25) is 0 Å². The highest BCUT2D eigenvalue weighted by molar-refractivity contribution is 7.91. The lowest BCUT2D eigenvalue weighted by molar-refractivity contribution is 0.226. The highest BCUT2D eigenvalue weighted by Crippen LogP contribution is 2.24. The van der Waals surface area contributed by atoms with Crippen LogP contribution >= 0.6 is 0 Å². The Morgan fingerprint density at radius 1 is 1.42 bits per heavy atom. The van der Waals surface area contributed by atoms with Crippen molar-refractivity contribution in [1.82, 2.24) is 5.32 Å². The van der Waals surface area contributed by atoms with Gasteiger partial charge in [0.25, 0.3) is 0 Å². The number of hydrogen-bond acceptors (Lipinski definition) is 4. The van der Waals surface area contributed by atoms with Crippen LogP contribution in [0, 0.1) is 6.92 Å². The smallest absolute Gasteiger partial charge is 0.154 e. The maximum absolute atomic E-state index is 11.4. The number of aryl methyl sites for hydroxylation is 1. The summed E-state index contributed by atoms with van der Waals surface area (Å²) in [5.74, 6) is 1.18. The number of nitrogens with one attached hydrogen (secondary N) is 1. The third kappa shape index (κ3) is 3.94. The summed E-state index contributed by atoms with van der Waals surface area (Å²) < 4.78 is 28.8. The first kappa shape index (κ1) is 14.3. The van der Waals surface area contributed by atoms with Gasteiger partial charge in [-0.3, -0.25) is 0 Å². The number of rotatable bonds is 5. The number of ether oxygens (including phenoxy) is 1. The molecule has 1 atom stereocenters. The van der Waals surface area contributed by atoms with E-state index >= 15 is 0 Å². The number of sulfone groups is 1. The summed E-state index contributed by atoms with van der Waals surface area (Å²) in [6.07, 6.45) is 0.393. The normalized spacial score (nSPS) is 21.5. The Balaban J connectivity index is 2.11. The minimum atomic E-state index is -2.89. The van der Waals surface area contributed by atoms with Crippen LogP contribution < -0.4 is 10.1 Å². The van der Waals surface area contributed by atoms with Crippen molar-refractivity contribution in [3.63, 3.8) is 0 Å². The van der Waals surface area contributed by atoms with Gasteiger partial charge < -0.3 is 10.1 Å². The molecule has 1 saturated heterocycles. The van der Waals surface area contributed by atoms with E-state index in [9.17, 15) is 8.42 Å². The van der Waals surface area contributed by atoms with Crippen molar-refractivity contribution >= 4 is 9.84 Å². The lowest BCUT2D eigenvalue weighted by atomic mass is 10.1. The zero-order valence-electron chi connectivity index (χ0n) is 11.5. The zero-order valence-corrected chi connectivity index (χ0v) is 12.3. The summed E-state index contributed by atoms with van der Waals surface area (Å²) in [5.41, 5.74) is 2.27. The molecule has 1 aromatic carbocycles. The van der Waals surface area contributed by atoms with E-state index in [0.717, 1.165) is 24.4 Å². The lowest BCUT2D eigenvalue weighted by Crippen LogP contribution is -2.20. The molecule has 0 amide bonds. The average Bonchev–Trinajstić information content (AvgIpc) is 2.69. The average molecular weight is 283 g/mol. The van der Waals surface area contributed by atoms with Crippen molar-refractivity contribution in [2.75, 3.05) is 18.1 Å². The standard InChI is InChI=1S/C14H21NO3S/c1-3-15-9-12-8-11(2)4-5-14(12)18-13-6-7-19(16,17)10-13/h4-5,8,13,15H,3,6-7,9-10H2,1-2H3. The van der Waals surface area contributed by atoms with Crippen LogP contribution in [0.15, 0.2) is 18.2 Å². The van der Waals surface area contributed by atoms with Gasteiger partial charge in [-0.25, -0.2) is 8.42 Å². The highest BCUT2D eigenvalue weighted by atomic mass is 32.2. The summed E-state index contributed by atoms with van der Waals surface area (Å²) >= 11 is 0. The number of hydrogen-bond donors (Lipinski definition) is 1.